The molecule has 0 fully saturated rings. The number of benzene rings is 1. The number of carboxylic acids is 2. The van der Waals surface area contributed by atoms with Gasteiger partial charge in [-0.05, 0) is 43.7 Å². The second-order valence-corrected chi connectivity index (χ2v) is 7.71. The molecular weight excluding hydrogens is 334 g/mol. The highest BCUT2D eigenvalue weighted by atomic mass is 16.5. The van der Waals surface area contributed by atoms with E-state index in [4.69, 9.17) is 24.5 Å². The highest BCUT2D eigenvalue weighted by molar-refractivity contribution is 6.27. The number of nitrogens with one attached hydrogen (secondary N) is 1. The van der Waals surface area contributed by atoms with Crippen molar-refractivity contribution in [2.45, 2.75) is 65.8 Å². The minimum absolute atomic E-state index is 0.141. The van der Waals surface area contributed by atoms with Crippen molar-refractivity contribution >= 4 is 11.9 Å². The summed E-state index contributed by atoms with van der Waals surface area (Å²) in [5.74, 6) is -1.59. The summed E-state index contributed by atoms with van der Waals surface area (Å²) in [6.45, 7) is 17.0. The molecule has 0 radical (unpaired) electrons. The molecule has 0 amide bonds. The summed E-state index contributed by atoms with van der Waals surface area (Å²) < 4.78 is 6.12. The van der Waals surface area contributed by atoms with E-state index < -0.39 is 11.9 Å². The summed E-state index contributed by atoms with van der Waals surface area (Å²) in [5.41, 5.74) is 2.76. The van der Waals surface area contributed by atoms with Crippen LogP contribution in [0.5, 0.6) is 5.75 Å². The predicted octanol–water partition coefficient (Wildman–Crippen LogP) is 3.86. The highest BCUT2D eigenvalue weighted by Crippen LogP contribution is 2.34. The van der Waals surface area contributed by atoms with Gasteiger partial charge in [0.2, 0.25) is 0 Å². The number of hydrogen-bond donors (Lipinski definition) is 3. The fraction of sp³-hybridized carbons (Fsp3) is 0.600. The number of aliphatic carboxylic acids is 2. The average Bonchev–Trinajstić information content (AvgIpc) is 2.50. The van der Waals surface area contributed by atoms with Crippen molar-refractivity contribution in [3.63, 3.8) is 0 Å². The van der Waals surface area contributed by atoms with Crippen LogP contribution >= 0.6 is 0 Å². The fourth-order valence-electron chi connectivity index (χ4n) is 2.23. The van der Waals surface area contributed by atoms with Crippen LogP contribution in [0.15, 0.2) is 18.2 Å². The molecule has 148 valence electrons. The molecule has 1 aromatic rings. The summed E-state index contributed by atoms with van der Waals surface area (Å²) in [6.07, 6.45) is 0. The van der Waals surface area contributed by atoms with E-state index in [-0.39, 0.29) is 5.54 Å². The van der Waals surface area contributed by atoms with Gasteiger partial charge in [-0.3, -0.25) is 0 Å². The van der Waals surface area contributed by atoms with Gasteiger partial charge < -0.3 is 20.3 Å². The molecule has 0 spiro atoms. The van der Waals surface area contributed by atoms with E-state index in [1.165, 1.54) is 11.1 Å². The molecule has 0 aliphatic heterocycles. The molecule has 0 bridgehead atoms. The van der Waals surface area contributed by atoms with Crippen molar-refractivity contribution in [1.29, 1.82) is 0 Å². The average molecular weight is 367 g/mol. The van der Waals surface area contributed by atoms with Gasteiger partial charge in [0.25, 0.3) is 0 Å². The molecule has 1 rings (SSSR count). The predicted molar refractivity (Wildman–Crippen MR) is 103 cm³/mol. The standard InChI is InChI=1S/C18H31NO.C2H2O4/c1-13(2)15-9-8-10-16(14(3)4)17(15)20-12-11-19-18(5,6)7;3-1(4)2(5)6/h8-10,13-14,19H,11-12H2,1-7H3;(H,3,4)(H,5,6). The lowest BCUT2D eigenvalue weighted by Crippen LogP contribution is -2.38. The first-order valence-corrected chi connectivity index (χ1v) is 8.83. The van der Waals surface area contributed by atoms with Gasteiger partial charge in [-0.1, -0.05) is 45.9 Å². The number of hydrogen-bond acceptors (Lipinski definition) is 4. The van der Waals surface area contributed by atoms with Crippen LogP contribution in [-0.2, 0) is 9.59 Å². The quantitative estimate of drug-likeness (QED) is 0.522. The highest BCUT2D eigenvalue weighted by Gasteiger charge is 2.15. The van der Waals surface area contributed by atoms with Crippen LogP contribution in [0.2, 0.25) is 0 Å². The largest absolute Gasteiger partial charge is 0.492 e. The smallest absolute Gasteiger partial charge is 0.414 e. The van der Waals surface area contributed by atoms with E-state index in [1.54, 1.807) is 0 Å². The molecule has 0 aliphatic carbocycles. The van der Waals surface area contributed by atoms with Gasteiger partial charge >= 0.3 is 11.9 Å². The number of carbonyl (C=O) groups is 2. The number of carboxylic acid groups (broad SMARTS) is 2. The van der Waals surface area contributed by atoms with Crippen molar-refractivity contribution in [3.8, 4) is 5.75 Å². The summed E-state index contributed by atoms with van der Waals surface area (Å²) in [7, 11) is 0. The summed E-state index contributed by atoms with van der Waals surface area (Å²) in [5, 5.41) is 18.2. The Labute approximate surface area is 156 Å². The molecule has 26 heavy (non-hydrogen) atoms. The van der Waals surface area contributed by atoms with E-state index in [9.17, 15) is 0 Å². The Morgan fingerprint density at radius 3 is 1.73 bits per heavy atom. The lowest BCUT2D eigenvalue weighted by molar-refractivity contribution is -0.159. The second-order valence-electron chi connectivity index (χ2n) is 7.71. The molecule has 0 atom stereocenters. The minimum Gasteiger partial charge on any atom is -0.492 e. The Bertz CT molecular complexity index is 550. The van der Waals surface area contributed by atoms with E-state index >= 15 is 0 Å². The van der Waals surface area contributed by atoms with Crippen LogP contribution in [0.4, 0.5) is 0 Å². The summed E-state index contributed by atoms with van der Waals surface area (Å²) in [6, 6.07) is 6.51. The monoisotopic (exact) mass is 367 g/mol. The molecule has 0 aromatic heterocycles. The molecule has 0 saturated heterocycles. The SMILES string of the molecule is CC(C)c1cccc(C(C)C)c1OCCNC(C)(C)C.O=C(O)C(=O)O. The van der Waals surface area contributed by atoms with Crippen LogP contribution in [0.25, 0.3) is 0 Å². The Balaban J connectivity index is 0.000000896. The zero-order chi connectivity index (χ0) is 20.5. The van der Waals surface area contributed by atoms with Gasteiger partial charge in [0.05, 0.1) is 0 Å². The molecule has 0 heterocycles. The van der Waals surface area contributed by atoms with E-state index in [0.717, 1.165) is 12.3 Å². The van der Waals surface area contributed by atoms with Crippen LogP contribution in [-0.4, -0.2) is 40.8 Å². The maximum absolute atomic E-state index is 9.10. The molecular formula is C20H33NO5. The van der Waals surface area contributed by atoms with Crippen molar-refractivity contribution in [1.82, 2.24) is 5.32 Å². The van der Waals surface area contributed by atoms with Gasteiger partial charge in [-0.15, -0.1) is 0 Å². The molecule has 3 N–H and O–H groups in total. The first kappa shape index (κ1) is 23.9. The van der Waals surface area contributed by atoms with Gasteiger partial charge in [-0.25, -0.2) is 9.59 Å². The Morgan fingerprint density at radius 1 is 1.00 bits per heavy atom. The third-order valence-electron chi connectivity index (χ3n) is 3.51. The minimum atomic E-state index is -1.82. The Kier molecular flexibility index (Phi) is 9.94. The van der Waals surface area contributed by atoms with Gasteiger partial charge in [0, 0.05) is 12.1 Å². The fourth-order valence-corrected chi connectivity index (χ4v) is 2.23. The van der Waals surface area contributed by atoms with Crippen LogP contribution in [0.3, 0.4) is 0 Å². The third-order valence-corrected chi connectivity index (χ3v) is 3.51. The maximum Gasteiger partial charge on any atom is 0.414 e. The van der Waals surface area contributed by atoms with Crippen LogP contribution in [0, 0.1) is 0 Å². The zero-order valence-electron chi connectivity index (χ0n) is 16.9. The van der Waals surface area contributed by atoms with Crippen LogP contribution in [0.1, 0.15) is 71.4 Å². The normalized spacial score (nSPS) is 11.1. The van der Waals surface area contributed by atoms with Crippen LogP contribution < -0.4 is 10.1 Å². The number of para-hydroxylation sites is 1. The number of rotatable bonds is 6. The van der Waals surface area contributed by atoms with Crippen molar-refractivity contribution in [2.24, 2.45) is 0 Å². The van der Waals surface area contributed by atoms with Crippen molar-refractivity contribution in [2.75, 3.05) is 13.2 Å². The first-order chi connectivity index (χ1) is 11.9. The summed E-state index contributed by atoms with van der Waals surface area (Å²) >= 11 is 0. The molecule has 1 aromatic carbocycles. The van der Waals surface area contributed by atoms with E-state index in [0.29, 0.717) is 18.4 Å². The van der Waals surface area contributed by atoms with Gasteiger partial charge in [-0.2, -0.15) is 0 Å². The second kappa shape index (κ2) is 10.8. The van der Waals surface area contributed by atoms with Gasteiger partial charge in [0.15, 0.2) is 0 Å². The summed E-state index contributed by atoms with van der Waals surface area (Å²) in [4.78, 5) is 18.2. The topological polar surface area (TPSA) is 95.9 Å². The molecule has 6 heteroatoms. The van der Waals surface area contributed by atoms with Crippen molar-refractivity contribution < 1.29 is 24.5 Å². The molecule has 6 nitrogen and oxygen atoms in total. The lowest BCUT2D eigenvalue weighted by atomic mass is 9.94. The maximum atomic E-state index is 9.10. The number of ether oxygens (including phenoxy) is 1. The molecule has 0 saturated carbocycles. The van der Waals surface area contributed by atoms with Gasteiger partial charge in [0.1, 0.15) is 12.4 Å². The Hall–Kier alpha value is -2.08. The zero-order valence-corrected chi connectivity index (χ0v) is 16.9. The first-order valence-electron chi connectivity index (χ1n) is 8.83. The molecule has 0 unspecified atom stereocenters. The van der Waals surface area contributed by atoms with Crippen molar-refractivity contribution in [3.05, 3.63) is 29.3 Å². The van der Waals surface area contributed by atoms with E-state index in [2.05, 4.69) is 72.0 Å². The molecule has 0 aliphatic rings. The lowest BCUT2D eigenvalue weighted by Gasteiger charge is -2.23. The van der Waals surface area contributed by atoms with E-state index in [1.807, 2.05) is 0 Å². The Morgan fingerprint density at radius 2 is 1.42 bits per heavy atom. The third kappa shape index (κ3) is 9.42.